The van der Waals surface area contributed by atoms with E-state index in [2.05, 4.69) is 25.9 Å². The standard InChI is InChI=1S/C16H29N7O4/c1-12(20-24)15(2,3)18-7-6-8-19-16(4,5)13(21-25)11-22-10-9-17-14(22)23(26)27/h9-10,18-19,24-25H,6-8,11H2,1-5H3/b20-12+,21-13+. The molecule has 1 rings (SSSR count). The van der Waals surface area contributed by atoms with Crippen molar-refractivity contribution in [3.8, 4) is 0 Å². The highest BCUT2D eigenvalue weighted by atomic mass is 16.6. The number of rotatable bonds is 11. The van der Waals surface area contributed by atoms with Crippen LogP contribution in [0.5, 0.6) is 0 Å². The van der Waals surface area contributed by atoms with Crippen molar-refractivity contribution in [1.82, 2.24) is 20.2 Å². The molecule has 0 saturated carbocycles. The largest absolute Gasteiger partial charge is 0.434 e. The van der Waals surface area contributed by atoms with Gasteiger partial charge in [0.2, 0.25) is 0 Å². The highest BCUT2D eigenvalue weighted by molar-refractivity contribution is 5.92. The molecule has 152 valence electrons. The molecule has 0 aliphatic carbocycles. The normalized spacial score (nSPS) is 13.8. The lowest BCUT2D eigenvalue weighted by Crippen LogP contribution is -2.50. The Kier molecular flexibility index (Phi) is 7.85. The number of nitro groups is 1. The molecule has 0 atom stereocenters. The number of hydrogen-bond acceptors (Lipinski definition) is 9. The van der Waals surface area contributed by atoms with E-state index in [9.17, 15) is 15.3 Å². The maximum absolute atomic E-state index is 11.0. The highest BCUT2D eigenvalue weighted by Crippen LogP contribution is 2.13. The molecule has 0 saturated heterocycles. The van der Waals surface area contributed by atoms with Gasteiger partial charge in [-0.2, -0.15) is 0 Å². The van der Waals surface area contributed by atoms with Gasteiger partial charge in [-0.15, -0.1) is 0 Å². The van der Waals surface area contributed by atoms with E-state index >= 15 is 0 Å². The zero-order valence-corrected chi connectivity index (χ0v) is 16.4. The van der Waals surface area contributed by atoms with Gasteiger partial charge in [0.1, 0.15) is 24.7 Å². The minimum atomic E-state index is -0.676. The molecule has 27 heavy (non-hydrogen) atoms. The summed E-state index contributed by atoms with van der Waals surface area (Å²) in [5.41, 5.74) is -0.152. The van der Waals surface area contributed by atoms with Crippen molar-refractivity contribution in [3.05, 3.63) is 22.5 Å². The fourth-order valence-electron chi connectivity index (χ4n) is 2.36. The lowest BCUT2D eigenvalue weighted by molar-refractivity contribution is -0.396. The molecule has 0 spiro atoms. The molecule has 1 aromatic heterocycles. The SMILES string of the molecule is C/C(=N\O)C(C)(C)NCCCNC(C)(C)/C(Cn1ccnc1[N+](=O)[O-])=N/O. The van der Waals surface area contributed by atoms with Crippen LogP contribution < -0.4 is 10.6 Å². The molecule has 0 amide bonds. The van der Waals surface area contributed by atoms with Crippen molar-refractivity contribution in [2.75, 3.05) is 13.1 Å². The zero-order valence-electron chi connectivity index (χ0n) is 16.4. The van der Waals surface area contributed by atoms with Gasteiger partial charge in [0.25, 0.3) is 0 Å². The van der Waals surface area contributed by atoms with Crippen molar-refractivity contribution in [3.63, 3.8) is 0 Å². The number of aromatic nitrogens is 2. The smallest absolute Gasteiger partial charge is 0.411 e. The maximum atomic E-state index is 11.0. The second kappa shape index (κ2) is 9.42. The molecule has 1 aromatic rings. The van der Waals surface area contributed by atoms with Gasteiger partial charge in [-0.25, -0.2) is 4.57 Å². The quantitative estimate of drug-likeness (QED) is 0.149. The van der Waals surface area contributed by atoms with Crippen LogP contribution in [0.15, 0.2) is 22.7 Å². The van der Waals surface area contributed by atoms with E-state index in [1.807, 2.05) is 27.7 Å². The van der Waals surface area contributed by atoms with Crippen LogP contribution in [0.25, 0.3) is 0 Å². The Morgan fingerprint density at radius 3 is 2.33 bits per heavy atom. The van der Waals surface area contributed by atoms with Gasteiger partial charge in [0.05, 0.1) is 16.8 Å². The van der Waals surface area contributed by atoms with Crippen LogP contribution in [0.4, 0.5) is 5.95 Å². The van der Waals surface area contributed by atoms with Gasteiger partial charge in [-0.3, -0.25) is 0 Å². The van der Waals surface area contributed by atoms with E-state index in [1.54, 1.807) is 6.92 Å². The number of oxime groups is 2. The van der Waals surface area contributed by atoms with Crippen molar-refractivity contribution < 1.29 is 15.3 Å². The lowest BCUT2D eigenvalue weighted by atomic mass is 9.97. The number of hydrogen-bond donors (Lipinski definition) is 4. The molecular formula is C16H29N7O4. The Morgan fingerprint density at radius 1 is 1.22 bits per heavy atom. The molecule has 0 aromatic carbocycles. The first kappa shape index (κ1) is 22.5. The van der Waals surface area contributed by atoms with Crippen LogP contribution in [0.3, 0.4) is 0 Å². The Hall–Kier alpha value is -2.53. The van der Waals surface area contributed by atoms with E-state index < -0.39 is 16.0 Å². The summed E-state index contributed by atoms with van der Waals surface area (Å²) in [5, 5.41) is 42.4. The number of nitrogens with one attached hydrogen (secondary N) is 2. The van der Waals surface area contributed by atoms with Gasteiger partial charge in [-0.05, 0) is 59.1 Å². The summed E-state index contributed by atoms with van der Waals surface area (Å²) in [7, 11) is 0. The summed E-state index contributed by atoms with van der Waals surface area (Å²) in [6.45, 7) is 10.6. The van der Waals surface area contributed by atoms with E-state index in [1.165, 1.54) is 17.0 Å². The molecule has 0 aliphatic rings. The van der Waals surface area contributed by atoms with Gasteiger partial charge in [0, 0.05) is 0 Å². The van der Waals surface area contributed by atoms with Crippen molar-refractivity contribution >= 4 is 17.4 Å². The summed E-state index contributed by atoms with van der Waals surface area (Å²) in [4.78, 5) is 14.1. The molecule has 0 unspecified atom stereocenters. The third-order valence-corrected chi connectivity index (χ3v) is 4.56. The molecule has 4 N–H and O–H groups in total. The predicted molar refractivity (Wildman–Crippen MR) is 102 cm³/mol. The van der Waals surface area contributed by atoms with Crippen LogP contribution in [0.1, 0.15) is 41.0 Å². The van der Waals surface area contributed by atoms with E-state index in [4.69, 9.17) is 5.21 Å². The van der Waals surface area contributed by atoms with Gasteiger partial charge < -0.3 is 31.2 Å². The molecule has 0 radical (unpaired) electrons. The second-order valence-electron chi connectivity index (χ2n) is 7.30. The van der Waals surface area contributed by atoms with Crippen LogP contribution in [-0.2, 0) is 6.54 Å². The van der Waals surface area contributed by atoms with Crippen molar-refractivity contribution in [2.45, 2.75) is 58.7 Å². The fraction of sp³-hybridized carbons (Fsp3) is 0.688. The zero-order chi connectivity index (χ0) is 20.7. The summed E-state index contributed by atoms with van der Waals surface area (Å²) in [6, 6.07) is 0. The third kappa shape index (κ3) is 6.29. The highest BCUT2D eigenvalue weighted by Gasteiger charge is 2.28. The minimum absolute atomic E-state index is 0.0459. The average Bonchev–Trinajstić information content (AvgIpc) is 3.06. The summed E-state index contributed by atoms with van der Waals surface area (Å²) < 4.78 is 1.32. The van der Waals surface area contributed by atoms with Gasteiger partial charge in [0.15, 0.2) is 0 Å². The Balaban J connectivity index is 2.58. The first-order chi connectivity index (χ1) is 12.5. The number of imidazole rings is 1. The van der Waals surface area contributed by atoms with Gasteiger partial charge in [-0.1, -0.05) is 15.3 Å². The Labute approximate surface area is 158 Å². The van der Waals surface area contributed by atoms with E-state index in [0.717, 1.165) is 6.42 Å². The molecule has 0 bridgehead atoms. The molecule has 0 aliphatic heterocycles. The summed E-state index contributed by atoms with van der Waals surface area (Å²) in [6.07, 6.45) is 3.57. The van der Waals surface area contributed by atoms with E-state index in [0.29, 0.717) is 24.5 Å². The Morgan fingerprint density at radius 2 is 1.81 bits per heavy atom. The molecular weight excluding hydrogens is 354 g/mol. The second-order valence-corrected chi connectivity index (χ2v) is 7.30. The van der Waals surface area contributed by atoms with Crippen LogP contribution in [0.2, 0.25) is 0 Å². The number of nitrogens with zero attached hydrogens (tertiary/aromatic N) is 5. The topological polar surface area (TPSA) is 150 Å². The lowest BCUT2D eigenvalue weighted by Gasteiger charge is -2.28. The first-order valence-corrected chi connectivity index (χ1v) is 8.61. The van der Waals surface area contributed by atoms with Gasteiger partial charge >= 0.3 is 5.95 Å². The molecule has 11 heteroatoms. The molecule has 11 nitrogen and oxygen atoms in total. The Bertz CT molecular complexity index is 695. The monoisotopic (exact) mass is 383 g/mol. The molecule has 1 heterocycles. The predicted octanol–water partition coefficient (Wildman–Crippen LogP) is 1.60. The first-order valence-electron chi connectivity index (χ1n) is 8.61. The fourth-order valence-corrected chi connectivity index (χ4v) is 2.36. The maximum Gasteiger partial charge on any atom is 0.434 e. The third-order valence-electron chi connectivity index (χ3n) is 4.56. The van der Waals surface area contributed by atoms with Crippen LogP contribution in [-0.4, -0.2) is 60.5 Å². The van der Waals surface area contributed by atoms with Crippen LogP contribution in [0, 0.1) is 10.1 Å². The van der Waals surface area contributed by atoms with Crippen molar-refractivity contribution in [2.24, 2.45) is 10.3 Å². The van der Waals surface area contributed by atoms with E-state index in [-0.39, 0.29) is 12.5 Å². The molecule has 0 fully saturated rings. The summed E-state index contributed by atoms with van der Waals surface area (Å²) >= 11 is 0. The minimum Gasteiger partial charge on any atom is -0.411 e. The van der Waals surface area contributed by atoms with Crippen LogP contribution >= 0.6 is 0 Å². The average molecular weight is 383 g/mol. The van der Waals surface area contributed by atoms with Crippen molar-refractivity contribution in [1.29, 1.82) is 0 Å². The summed E-state index contributed by atoms with van der Waals surface area (Å²) in [5.74, 6) is -0.306.